The van der Waals surface area contributed by atoms with E-state index in [-0.39, 0.29) is 18.5 Å². The highest BCUT2D eigenvalue weighted by Crippen LogP contribution is 2.31. The van der Waals surface area contributed by atoms with E-state index in [4.69, 9.17) is 0 Å². The summed E-state index contributed by atoms with van der Waals surface area (Å²) in [5.74, 6) is -0.775. The number of urea groups is 1. The van der Waals surface area contributed by atoms with Gasteiger partial charge >= 0.3 is 6.03 Å². The van der Waals surface area contributed by atoms with Crippen molar-refractivity contribution in [2.75, 3.05) is 13.1 Å². The maximum atomic E-state index is 12.4. The standard InChI is InChI=1S/C19H26N4O3/c1-4-19(3)17(25)23(18(26)20-19)21-16(24)12-22-11-5-6-15(22)14-9-7-13(2)8-10-14/h7-10,15H,4-6,11-12H2,1-3H3,(H,20,26)(H,21,24)/t15-,19-/m1/s1. The van der Waals surface area contributed by atoms with E-state index < -0.39 is 17.5 Å². The third-order valence-corrected chi connectivity index (χ3v) is 5.38. The predicted octanol–water partition coefficient (Wildman–Crippen LogP) is 1.88. The molecule has 7 heteroatoms. The number of benzene rings is 1. The van der Waals surface area contributed by atoms with E-state index in [0.717, 1.165) is 24.4 Å². The van der Waals surface area contributed by atoms with Crippen molar-refractivity contribution in [1.29, 1.82) is 0 Å². The molecule has 3 rings (SSSR count). The summed E-state index contributed by atoms with van der Waals surface area (Å²) in [4.78, 5) is 38.9. The van der Waals surface area contributed by atoms with Gasteiger partial charge in [-0.1, -0.05) is 36.8 Å². The smallest absolute Gasteiger partial charge is 0.322 e. The Hall–Kier alpha value is -2.41. The van der Waals surface area contributed by atoms with Gasteiger partial charge in [-0.05, 0) is 45.2 Å². The Balaban J connectivity index is 1.63. The van der Waals surface area contributed by atoms with Crippen molar-refractivity contribution >= 4 is 17.8 Å². The van der Waals surface area contributed by atoms with Crippen molar-refractivity contribution in [2.24, 2.45) is 0 Å². The second kappa shape index (κ2) is 7.07. The highest BCUT2D eigenvalue weighted by molar-refractivity contribution is 6.07. The van der Waals surface area contributed by atoms with Crippen LogP contribution in [0.5, 0.6) is 0 Å². The second-order valence-electron chi connectivity index (χ2n) is 7.33. The number of rotatable bonds is 5. The molecule has 2 saturated heterocycles. The number of hydrogen-bond acceptors (Lipinski definition) is 4. The lowest BCUT2D eigenvalue weighted by Crippen LogP contribution is -2.51. The van der Waals surface area contributed by atoms with Gasteiger partial charge in [-0.2, -0.15) is 5.01 Å². The summed E-state index contributed by atoms with van der Waals surface area (Å²) in [6.07, 6.45) is 2.47. The third kappa shape index (κ3) is 3.44. The minimum Gasteiger partial charge on any atom is -0.322 e. The van der Waals surface area contributed by atoms with Crippen LogP contribution >= 0.6 is 0 Å². The molecule has 4 amide bonds. The fourth-order valence-corrected chi connectivity index (χ4v) is 3.55. The molecule has 2 aliphatic rings. The molecular formula is C19H26N4O3. The highest BCUT2D eigenvalue weighted by atomic mass is 16.2. The molecular weight excluding hydrogens is 332 g/mol. The van der Waals surface area contributed by atoms with Crippen LogP contribution in [0.25, 0.3) is 0 Å². The van der Waals surface area contributed by atoms with Gasteiger partial charge in [0.25, 0.3) is 11.8 Å². The molecule has 2 heterocycles. The molecule has 0 spiro atoms. The van der Waals surface area contributed by atoms with Crippen LogP contribution in [0.2, 0.25) is 0 Å². The maximum absolute atomic E-state index is 12.4. The lowest BCUT2D eigenvalue weighted by molar-refractivity contribution is -0.139. The Kier molecular flexibility index (Phi) is 5.00. The normalized spacial score (nSPS) is 26.3. The maximum Gasteiger partial charge on any atom is 0.344 e. The van der Waals surface area contributed by atoms with E-state index in [0.29, 0.717) is 6.42 Å². The van der Waals surface area contributed by atoms with Crippen LogP contribution in [0.1, 0.15) is 50.3 Å². The van der Waals surface area contributed by atoms with Crippen LogP contribution < -0.4 is 10.7 Å². The van der Waals surface area contributed by atoms with E-state index in [1.807, 2.05) is 13.8 Å². The van der Waals surface area contributed by atoms with Crippen LogP contribution in [-0.2, 0) is 9.59 Å². The quantitative estimate of drug-likeness (QED) is 0.788. The molecule has 1 aromatic rings. The minimum absolute atomic E-state index is 0.151. The van der Waals surface area contributed by atoms with Gasteiger partial charge in [0.2, 0.25) is 0 Å². The molecule has 0 radical (unpaired) electrons. The summed E-state index contributed by atoms with van der Waals surface area (Å²) in [6.45, 7) is 6.50. The minimum atomic E-state index is -0.956. The summed E-state index contributed by atoms with van der Waals surface area (Å²) in [5.41, 5.74) is 3.90. The monoisotopic (exact) mass is 358 g/mol. The first kappa shape index (κ1) is 18.4. The SMILES string of the molecule is CC[C@@]1(C)NC(=O)N(NC(=O)CN2CCC[C@@H]2c2ccc(C)cc2)C1=O. The first-order valence-electron chi connectivity index (χ1n) is 9.11. The van der Waals surface area contributed by atoms with E-state index in [9.17, 15) is 14.4 Å². The van der Waals surface area contributed by atoms with Gasteiger partial charge in [-0.15, -0.1) is 0 Å². The van der Waals surface area contributed by atoms with Crippen LogP contribution in [0.3, 0.4) is 0 Å². The lowest BCUT2D eigenvalue weighted by atomic mass is 10.00. The molecule has 2 N–H and O–H groups in total. The van der Waals surface area contributed by atoms with E-state index in [1.165, 1.54) is 11.1 Å². The largest absolute Gasteiger partial charge is 0.344 e. The third-order valence-electron chi connectivity index (χ3n) is 5.38. The summed E-state index contributed by atoms with van der Waals surface area (Å²) in [5, 5.41) is 3.44. The molecule has 0 saturated carbocycles. The van der Waals surface area contributed by atoms with Gasteiger partial charge in [-0.3, -0.25) is 19.9 Å². The Bertz CT molecular complexity index is 718. The highest BCUT2D eigenvalue weighted by Gasteiger charge is 2.47. The number of hydrogen-bond donors (Lipinski definition) is 2. The lowest BCUT2D eigenvalue weighted by Gasteiger charge is -2.25. The van der Waals surface area contributed by atoms with Crippen LogP contribution in [0.4, 0.5) is 4.79 Å². The predicted molar refractivity (Wildman–Crippen MR) is 96.9 cm³/mol. The number of likely N-dealkylation sites (tertiary alicyclic amines) is 1. The second-order valence-corrected chi connectivity index (χ2v) is 7.33. The first-order chi connectivity index (χ1) is 12.3. The average molecular weight is 358 g/mol. The van der Waals surface area contributed by atoms with Crippen molar-refractivity contribution < 1.29 is 14.4 Å². The molecule has 26 heavy (non-hydrogen) atoms. The fourth-order valence-electron chi connectivity index (χ4n) is 3.55. The average Bonchev–Trinajstić information content (AvgIpc) is 3.14. The van der Waals surface area contributed by atoms with Crippen LogP contribution in [0, 0.1) is 6.92 Å². The summed E-state index contributed by atoms with van der Waals surface area (Å²) in [7, 11) is 0. The number of hydrazine groups is 1. The number of nitrogens with one attached hydrogen (secondary N) is 2. The zero-order valence-electron chi connectivity index (χ0n) is 15.5. The van der Waals surface area contributed by atoms with Crippen molar-refractivity contribution in [3.63, 3.8) is 0 Å². The summed E-state index contributed by atoms with van der Waals surface area (Å²) in [6, 6.07) is 7.95. The fraction of sp³-hybridized carbons (Fsp3) is 0.526. The molecule has 7 nitrogen and oxygen atoms in total. The Morgan fingerprint density at radius 1 is 1.31 bits per heavy atom. The van der Waals surface area contributed by atoms with Crippen molar-refractivity contribution in [2.45, 2.75) is 51.6 Å². The number of nitrogens with zero attached hydrogens (tertiary/aromatic N) is 2. The van der Waals surface area contributed by atoms with Crippen LogP contribution in [0.15, 0.2) is 24.3 Å². The Labute approximate surface area is 153 Å². The molecule has 0 aliphatic carbocycles. The van der Waals surface area contributed by atoms with Gasteiger partial charge in [0, 0.05) is 6.04 Å². The topological polar surface area (TPSA) is 81.8 Å². The van der Waals surface area contributed by atoms with Gasteiger partial charge in [0.05, 0.1) is 6.54 Å². The Morgan fingerprint density at radius 3 is 2.62 bits per heavy atom. The van der Waals surface area contributed by atoms with Gasteiger partial charge in [0.1, 0.15) is 5.54 Å². The first-order valence-corrected chi connectivity index (χ1v) is 9.11. The molecule has 1 aromatic carbocycles. The summed E-state index contributed by atoms with van der Waals surface area (Å²) < 4.78 is 0. The van der Waals surface area contributed by atoms with Crippen molar-refractivity contribution in [1.82, 2.24) is 20.7 Å². The van der Waals surface area contributed by atoms with Crippen molar-refractivity contribution in [3.8, 4) is 0 Å². The molecule has 2 atom stereocenters. The molecule has 0 aromatic heterocycles. The van der Waals surface area contributed by atoms with E-state index in [1.54, 1.807) is 6.92 Å². The number of aryl methyl sites for hydroxylation is 1. The van der Waals surface area contributed by atoms with Gasteiger partial charge < -0.3 is 5.32 Å². The number of carbonyl (C=O) groups is 3. The molecule has 2 aliphatic heterocycles. The zero-order valence-corrected chi connectivity index (χ0v) is 15.5. The number of imide groups is 1. The molecule has 0 bridgehead atoms. The Morgan fingerprint density at radius 2 is 2.00 bits per heavy atom. The van der Waals surface area contributed by atoms with Crippen LogP contribution in [-0.4, -0.2) is 46.4 Å². The summed E-state index contributed by atoms with van der Waals surface area (Å²) >= 11 is 0. The van der Waals surface area contributed by atoms with E-state index >= 15 is 0 Å². The number of amides is 4. The van der Waals surface area contributed by atoms with Crippen molar-refractivity contribution in [3.05, 3.63) is 35.4 Å². The zero-order chi connectivity index (χ0) is 18.9. The molecule has 0 unspecified atom stereocenters. The number of carbonyl (C=O) groups excluding carboxylic acids is 3. The van der Waals surface area contributed by atoms with Gasteiger partial charge in [-0.25, -0.2) is 4.79 Å². The molecule has 2 fully saturated rings. The molecule has 140 valence electrons. The van der Waals surface area contributed by atoms with Gasteiger partial charge in [0.15, 0.2) is 0 Å². The van der Waals surface area contributed by atoms with E-state index in [2.05, 4.69) is 39.9 Å².